The summed E-state index contributed by atoms with van der Waals surface area (Å²) in [7, 11) is 0. The van der Waals surface area contributed by atoms with Crippen LogP contribution in [0.4, 0.5) is 5.82 Å². The maximum absolute atomic E-state index is 13.0. The van der Waals surface area contributed by atoms with Gasteiger partial charge in [0.25, 0.3) is 5.91 Å². The highest BCUT2D eigenvalue weighted by atomic mass is 79.9. The summed E-state index contributed by atoms with van der Waals surface area (Å²) < 4.78 is 11.2. The lowest BCUT2D eigenvalue weighted by molar-refractivity contribution is -0.117. The smallest absolute Gasteiger partial charge is 0.254 e. The van der Waals surface area contributed by atoms with E-state index in [1.54, 1.807) is 30.0 Å². The van der Waals surface area contributed by atoms with Crippen LogP contribution in [0.5, 0.6) is 0 Å². The van der Waals surface area contributed by atoms with E-state index in [-0.39, 0.29) is 18.4 Å². The second-order valence-corrected chi connectivity index (χ2v) is 7.83. The number of halogens is 1. The molecule has 1 aromatic heterocycles. The first-order chi connectivity index (χ1) is 14.0. The van der Waals surface area contributed by atoms with Crippen LogP contribution in [0.1, 0.15) is 22.5 Å². The third kappa shape index (κ3) is 6.66. The number of morpholine rings is 1. The number of nitrogens with one attached hydrogen (secondary N) is 1. The van der Waals surface area contributed by atoms with Crippen molar-refractivity contribution in [2.75, 3.05) is 51.3 Å². The Kier molecular flexibility index (Phi) is 7.79. The number of nitrogens with zero attached hydrogens (tertiary/aromatic N) is 3. The zero-order chi connectivity index (χ0) is 20.6. The Morgan fingerprint density at radius 1 is 1.24 bits per heavy atom. The zero-order valence-corrected chi connectivity index (χ0v) is 18.0. The van der Waals surface area contributed by atoms with E-state index in [4.69, 9.17) is 9.26 Å². The van der Waals surface area contributed by atoms with E-state index in [9.17, 15) is 9.59 Å². The molecule has 156 valence electrons. The van der Waals surface area contributed by atoms with E-state index >= 15 is 0 Å². The number of amides is 2. The van der Waals surface area contributed by atoms with Crippen molar-refractivity contribution in [1.82, 2.24) is 15.0 Å². The highest BCUT2D eigenvalue weighted by Gasteiger charge is 2.20. The maximum Gasteiger partial charge on any atom is 0.254 e. The summed E-state index contributed by atoms with van der Waals surface area (Å²) in [5, 5.41) is 6.44. The fourth-order valence-electron chi connectivity index (χ4n) is 3.12. The van der Waals surface area contributed by atoms with Crippen molar-refractivity contribution in [2.45, 2.75) is 13.3 Å². The number of rotatable bonds is 8. The molecule has 0 spiro atoms. The largest absolute Gasteiger partial charge is 0.379 e. The molecule has 0 atom stereocenters. The lowest BCUT2D eigenvalue weighted by Crippen LogP contribution is -2.41. The van der Waals surface area contributed by atoms with Gasteiger partial charge in [-0.2, -0.15) is 0 Å². The maximum atomic E-state index is 13.0. The van der Waals surface area contributed by atoms with Gasteiger partial charge in [0.05, 0.1) is 13.2 Å². The highest BCUT2D eigenvalue weighted by molar-refractivity contribution is 9.10. The number of hydrogen-bond acceptors (Lipinski definition) is 6. The Balaban J connectivity index is 1.61. The van der Waals surface area contributed by atoms with Gasteiger partial charge in [-0.3, -0.25) is 14.5 Å². The van der Waals surface area contributed by atoms with E-state index in [1.165, 1.54) is 0 Å². The minimum Gasteiger partial charge on any atom is -0.379 e. The van der Waals surface area contributed by atoms with E-state index in [1.807, 2.05) is 12.1 Å². The van der Waals surface area contributed by atoms with Gasteiger partial charge in [-0.25, -0.2) is 0 Å². The lowest BCUT2D eigenvalue weighted by Gasteiger charge is -2.28. The summed E-state index contributed by atoms with van der Waals surface area (Å²) in [6, 6.07) is 8.77. The molecule has 1 N–H and O–H groups in total. The molecule has 1 saturated heterocycles. The molecule has 0 saturated carbocycles. The van der Waals surface area contributed by atoms with Gasteiger partial charge >= 0.3 is 0 Å². The van der Waals surface area contributed by atoms with E-state index in [2.05, 4.69) is 31.3 Å². The molecule has 1 fully saturated rings. The van der Waals surface area contributed by atoms with Crippen LogP contribution in [-0.2, 0) is 9.53 Å². The van der Waals surface area contributed by atoms with Crippen LogP contribution in [0.25, 0.3) is 0 Å². The molecule has 1 aliphatic heterocycles. The van der Waals surface area contributed by atoms with Crippen molar-refractivity contribution in [3.05, 3.63) is 46.1 Å². The first-order valence-corrected chi connectivity index (χ1v) is 10.4. The first-order valence-electron chi connectivity index (χ1n) is 9.59. The highest BCUT2D eigenvalue weighted by Crippen LogP contribution is 2.13. The summed E-state index contributed by atoms with van der Waals surface area (Å²) in [4.78, 5) is 29.3. The third-order valence-corrected chi connectivity index (χ3v) is 5.14. The van der Waals surface area contributed by atoms with Gasteiger partial charge in [-0.05, 0) is 37.6 Å². The Hall–Kier alpha value is -2.23. The van der Waals surface area contributed by atoms with Crippen molar-refractivity contribution in [2.24, 2.45) is 0 Å². The second-order valence-electron chi connectivity index (χ2n) is 6.91. The Bertz CT molecular complexity index is 818. The standard InChI is InChI=1S/C20H25BrN4O4/c1-15-13-18(23-29-15)22-19(26)14-25(8-2-7-24-9-11-28-12-10-24)20(27)16-3-5-17(21)6-4-16/h3-6,13H,2,7-12,14H2,1H3,(H,22,23,26). The molecular formula is C20H25BrN4O4. The van der Waals surface area contributed by atoms with Crippen molar-refractivity contribution in [3.63, 3.8) is 0 Å². The van der Waals surface area contributed by atoms with Crippen LogP contribution >= 0.6 is 15.9 Å². The topological polar surface area (TPSA) is 87.9 Å². The van der Waals surface area contributed by atoms with Crippen LogP contribution in [0.15, 0.2) is 39.3 Å². The fourth-order valence-corrected chi connectivity index (χ4v) is 3.38. The van der Waals surface area contributed by atoms with Gasteiger partial charge in [0.2, 0.25) is 5.91 Å². The quantitative estimate of drug-likeness (QED) is 0.645. The zero-order valence-electron chi connectivity index (χ0n) is 16.4. The second kappa shape index (κ2) is 10.5. The van der Waals surface area contributed by atoms with Gasteiger partial charge in [-0.15, -0.1) is 0 Å². The predicted octanol–water partition coefficient (Wildman–Crippen LogP) is 2.55. The van der Waals surface area contributed by atoms with Crippen molar-refractivity contribution >= 4 is 33.6 Å². The van der Waals surface area contributed by atoms with Gasteiger partial charge in [0, 0.05) is 42.3 Å². The minimum absolute atomic E-state index is 0.0517. The number of aryl methyl sites for hydroxylation is 1. The molecule has 0 unspecified atom stereocenters. The normalized spacial score (nSPS) is 14.6. The molecule has 29 heavy (non-hydrogen) atoms. The molecule has 2 heterocycles. The molecule has 0 aliphatic carbocycles. The van der Waals surface area contributed by atoms with Crippen LogP contribution in [0.2, 0.25) is 0 Å². The van der Waals surface area contributed by atoms with Crippen LogP contribution in [0, 0.1) is 6.92 Å². The van der Waals surface area contributed by atoms with Crippen LogP contribution in [-0.4, -0.2) is 72.7 Å². The molecule has 3 rings (SSSR count). The van der Waals surface area contributed by atoms with Gasteiger partial charge in [0.15, 0.2) is 5.82 Å². The molecule has 8 nitrogen and oxygen atoms in total. The van der Waals surface area contributed by atoms with Crippen molar-refractivity contribution in [3.8, 4) is 0 Å². The van der Waals surface area contributed by atoms with Gasteiger partial charge < -0.3 is 19.5 Å². The van der Waals surface area contributed by atoms with E-state index in [0.29, 0.717) is 23.7 Å². The summed E-state index contributed by atoms with van der Waals surface area (Å²) in [5.74, 6) is 0.464. The summed E-state index contributed by atoms with van der Waals surface area (Å²) >= 11 is 3.38. The van der Waals surface area contributed by atoms with Gasteiger partial charge in [-0.1, -0.05) is 21.1 Å². The van der Waals surface area contributed by atoms with Crippen molar-refractivity contribution < 1.29 is 18.8 Å². The molecule has 1 aliphatic rings. The molecule has 1 aromatic carbocycles. The molecule has 2 aromatic rings. The summed E-state index contributed by atoms with van der Waals surface area (Å²) in [6.45, 7) is 6.30. The molecule has 0 bridgehead atoms. The first kappa shape index (κ1) is 21.5. The minimum atomic E-state index is -0.310. The van der Waals surface area contributed by atoms with Crippen LogP contribution in [0.3, 0.4) is 0 Å². The van der Waals surface area contributed by atoms with E-state index < -0.39 is 0 Å². The Morgan fingerprint density at radius 2 is 1.97 bits per heavy atom. The molecule has 2 amide bonds. The molecule has 0 radical (unpaired) electrons. The SMILES string of the molecule is Cc1cc(NC(=O)CN(CCCN2CCOCC2)C(=O)c2ccc(Br)cc2)no1. The number of ether oxygens (including phenoxy) is 1. The number of carbonyl (C=O) groups is 2. The summed E-state index contributed by atoms with van der Waals surface area (Å²) in [6.07, 6.45) is 0.776. The number of carbonyl (C=O) groups excluding carboxylic acids is 2. The Morgan fingerprint density at radius 3 is 2.62 bits per heavy atom. The Labute approximate surface area is 178 Å². The molecule has 9 heteroatoms. The average molecular weight is 465 g/mol. The van der Waals surface area contributed by atoms with Gasteiger partial charge in [0.1, 0.15) is 12.3 Å². The number of hydrogen-bond donors (Lipinski definition) is 1. The summed E-state index contributed by atoms with van der Waals surface area (Å²) in [5.41, 5.74) is 0.546. The number of anilines is 1. The fraction of sp³-hybridized carbons (Fsp3) is 0.450. The van der Waals surface area contributed by atoms with Crippen molar-refractivity contribution in [1.29, 1.82) is 0 Å². The lowest BCUT2D eigenvalue weighted by atomic mass is 10.2. The monoisotopic (exact) mass is 464 g/mol. The predicted molar refractivity (Wildman–Crippen MR) is 112 cm³/mol. The van der Waals surface area contributed by atoms with E-state index in [0.717, 1.165) is 43.7 Å². The number of aromatic nitrogens is 1. The number of benzene rings is 1. The molecular weight excluding hydrogens is 440 g/mol. The average Bonchev–Trinajstić information content (AvgIpc) is 3.12. The third-order valence-electron chi connectivity index (χ3n) is 4.61. The van der Waals surface area contributed by atoms with Crippen LogP contribution < -0.4 is 5.32 Å².